The molecule has 1 aliphatic carbocycles. The van der Waals surface area contributed by atoms with Crippen LogP contribution in [0.5, 0.6) is 0 Å². The molecule has 0 saturated heterocycles. The van der Waals surface area contributed by atoms with Gasteiger partial charge in [0.05, 0.1) is 0 Å². The first kappa shape index (κ1) is 7.59. The summed E-state index contributed by atoms with van der Waals surface area (Å²) < 4.78 is 0. The number of hydrogen-bond donors (Lipinski definition) is 0. The summed E-state index contributed by atoms with van der Waals surface area (Å²) in [7, 11) is 0. The summed E-state index contributed by atoms with van der Waals surface area (Å²) in [5.41, 5.74) is 1.82. The highest BCUT2D eigenvalue weighted by atomic mass is 14.2. The van der Waals surface area contributed by atoms with E-state index in [1.54, 1.807) is 0 Å². The van der Waals surface area contributed by atoms with Crippen molar-refractivity contribution in [3.05, 3.63) is 30.2 Å². The van der Waals surface area contributed by atoms with Gasteiger partial charge in [-0.15, -0.1) is 0 Å². The van der Waals surface area contributed by atoms with Crippen molar-refractivity contribution >= 4 is 0 Å². The number of hydrogen-bond acceptors (Lipinski definition) is 0. The van der Waals surface area contributed by atoms with E-state index in [0.717, 1.165) is 0 Å². The Morgan fingerprint density at radius 1 is 1.40 bits per heavy atom. The third-order valence-corrected chi connectivity index (χ3v) is 2.33. The molecule has 0 bridgehead atoms. The van der Waals surface area contributed by atoms with Gasteiger partial charge in [-0.25, -0.2) is 0 Å². The summed E-state index contributed by atoms with van der Waals surface area (Å²) in [4.78, 5) is 0. The van der Waals surface area contributed by atoms with Crippen LogP contribution in [0.2, 0.25) is 0 Å². The van der Waals surface area contributed by atoms with E-state index >= 15 is 0 Å². The SMILES string of the molecule is CCC(C)(C)C1=C[CH]C=C1. The van der Waals surface area contributed by atoms with Crippen LogP contribution in [0.1, 0.15) is 27.2 Å². The molecule has 0 aliphatic heterocycles. The summed E-state index contributed by atoms with van der Waals surface area (Å²) in [6, 6.07) is 0. The van der Waals surface area contributed by atoms with Crippen molar-refractivity contribution in [1.29, 1.82) is 0 Å². The fourth-order valence-corrected chi connectivity index (χ4v) is 1.03. The topological polar surface area (TPSA) is 0 Å². The average molecular weight is 135 g/mol. The van der Waals surface area contributed by atoms with Crippen LogP contribution in [0.25, 0.3) is 0 Å². The fourth-order valence-electron chi connectivity index (χ4n) is 1.03. The third-order valence-electron chi connectivity index (χ3n) is 2.33. The summed E-state index contributed by atoms with van der Waals surface area (Å²) in [6.45, 7) is 6.79. The van der Waals surface area contributed by atoms with Crippen LogP contribution in [0.15, 0.2) is 23.8 Å². The fraction of sp³-hybridized carbons (Fsp3) is 0.500. The van der Waals surface area contributed by atoms with Crippen LogP contribution in [-0.4, -0.2) is 0 Å². The maximum Gasteiger partial charge on any atom is 0.00537 e. The molecule has 0 unspecified atom stereocenters. The Balaban J connectivity index is 2.72. The van der Waals surface area contributed by atoms with Crippen molar-refractivity contribution in [3.8, 4) is 0 Å². The van der Waals surface area contributed by atoms with Gasteiger partial charge in [0.15, 0.2) is 0 Å². The number of rotatable bonds is 2. The van der Waals surface area contributed by atoms with Crippen LogP contribution in [0, 0.1) is 11.8 Å². The molecule has 1 radical (unpaired) electrons. The lowest BCUT2D eigenvalue weighted by molar-refractivity contribution is 0.441. The second-order valence-electron chi connectivity index (χ2n) is 3.41. The molecular formula is C10H15. The molecule has 0 amide bonds. The van der Waals surface area contributed by atoms with Gasteiger partial charge in [-0.3, -0.25) is 0 Å². The molecule has 0 spiro atoms. The molecule has 0 saturated carbocycles. The van der Waals surface area contributed by atoms with Crippen LogP contribution < -0.4 is 0 Å². The highest BCUT2D eigenvalue weighted by Gasteiger charge is 2.19. The Kier molecular flexibility index (Phi) is 1.98. The molecule has 1 aliphatic rings. The van der Waals surface area contributed by atoms with Crippen molar-refractivity contribution in [2.75, 3.05) is 0 Å². The maximum atomic E-state index is 2.28. The average Bonchev–Trinajstić information content (AvgIpc) is 2.38. The van der Waals surface area contributed by atoms with E-state index in [0.29, 0.717) is 5.41 Å². The summed E-state index contributed by atoms with van der Waals surface area (Å²) >= 11 is 0. The van der Waals surface area contributed by atoms with E-state index in [-0.39, 0.29) is 0 Å². The van der Waals surface area contributed by atoms with Crippen molar-refractivity contribution in [2.24, 2.45) is 5.41 Å². The van der Waals surface area contributed by atoms with Crippen LogP contribution in [0.3, 0.4) is 0 Å². The molecular weight excluding hydrogens is 120 g/mol. The zero-order chi connectivity index (χ0) is 7.61. The molecule has 0 aromatic rings. The van der Waals surface area contributed by atoms with E-state index < -0.39 is 0 Å². The molecule has 0 heterocycles. The van der Waals surface area contributed by atoms with Crippen molar-refractivity contribution in [1.82, 2.24) is 0 Å². The smallest absolute Gasteiger partial charge is 0.00537 e. The molecule has 10 heavy (non-hydrogen) atoms. The van der Waals surface area contributed by atoms with Gasteiger partial charge in [-0.05, 0) is 17.4 Å². The van der Waals surface area contributed by atoms with Gasteiger partial charge in [0.1, 0.15) is 0 Å². The second-order valence-corrected chi connectivity index (χ2v) is 3.41. The second kappa shape index (κ2) is 2.61. The van der Waals surface area contributed by atoms with Gasteiger partial charge in [0.2, 0.25) is 0 Å². The first-order valence-electron chi connectivity index (χ1n) is 3.89. The highest BCUT2D eigenvalue weighted by molar-refractivity contribution is 5.37. The largest absolute Gasteiger partial charge is 0.0764 e. The Labute approximate surface area is 63.6 Å². The van der Waals surface area contributed by atoms with Crippen molar-refractivity contribution < 1.29 is 0 Å². The van der Waals surface area contributed by atoms with E-state index in [2.05, 4.69) is 45.4 Å². The van der Waals surface area contributed by atoms with Crippen molar-refractivity contribution in [3.63, 3.8) is 0 Å². The van der Waals surface area contributed by atoms with E-state index in [4.69, 9.17) is 0 Å². The lowest BCUT2D eigenvalue weighted by Crippen LogP contribution is -2.10. The normalized spacial score (nSPS) is 17.7. The number of allylic oxidation sites excluding steroid dienone is 4. The van der Waals surface area contributed by atoms with Gasteiger partial charge in [-0.2, -0.15) is 0 Å². The van der Waals surface area contributed by atoms with Gasteiger partial charge in [0.25, 0.3) is 0 Å². The summed E-state index contributed by atoms with van der Waals surface area (Å²) in [6.07, 6.45) is 9.81. The standard InChI is InChI=1S/C10H15/c1-4-10(2,3)9-7-5-6-8-9/h5-8H,4H2,1-3H3. The third kappa shape index (κ3) is 1.31. The van der Waals surface area contributed by atoms with Gasteiger partial charge in [-0.1, -0.05) is 39.0 Å². The predicted molar refractivity (Wildman–Crippen MR) is 45.6 cm³/mol. The minimum absolute atomic E-state index is 0.365. The first-order chi connectivity index (χ1) is 4.67. The highest BCUT2D eigenvalue weighted by Crippen LogP contribution is 2.33. The summed E-state index contributed by atoms with van der Waals surface area (Å²) in [5, 5.41) is 0. The molecule has 55 valence electrons. The Morgan fingerprint density at radius 2 is 2.10 bits per heavy atom. The molecule has 0 fully saturated rings. The minimum atomic E-state index is 0.365. The summed E-state index contributed by atoms with van der Waals surface area (Å²) in [5.74, 6) is 0. The quantitative estimate of drug-likeness (QED) is 0.545. The predicted octanol–water partition coefficient (Wildman–Crippen LogP) is 3.12. The molecule has 0 atom stereocenters. The minimum Gasteiger partial charge on any atom is -0.0764 e. The molecule has 0 N–H and O–H groups in total. The molecule has 0 aromatic heterocycles. The lowest BCUT2D eigenvalue weighted by Gasteiger charge is -2.22. The van der Waals surface area contributed by atoms with Gasteiger partial charge in [0, 0.05) is 6.42 Å². The van der Waals surface area contributed by atoms with E-state index in [1.165, 1.54) is 12.0 Å². The van der Waals surface area contributed by atoms with E-state index in [1.807, 2.05) is 0 Å². The zero-order valence-electron chi connectivity index (χ0n) is 7.02. The van der Waals surface area contributed by atoms with Crippen LogP contribution in [-0.2, 0) is 0 Å². The maximum absolute atomic E-state index is 2.28. The van der Waals surface area contributed by atoms with Crippen molar-refractivity contribution in [2.45, 2.75) is 27.2 Å². The van der Waals surface area contributed by atoms with Gasteiger partial charge < -0.3 is 0 Å². The monoisotopic (exact) mass is 135 g/mol. The van der Waals surface area contributed by atoms with Crippen LogP contribution in [0.4, 0.5) is 0 Å². The molecule has 0 nitrogen and oxygen atoms in total. The Bertz CT molecular complexity index is 170. The Morgan fingerprint density at radius 3 is 2.50 bits per heavy atom. The first-order valence-corrected chi connectivity index (χ1v) is 3.89. The van der Waals surface area contributed by atoms with Gasteiger partial charge >= 0.3 is 0 Å². The zero-order valence-corrected chi connectivity index (χ0v) is 7.02. The molecule has 1 rings (SSSR count). The van der Waals surface area contributed by atoms with Crippen LogP contribution >= 0.6 is 0 Å². The molecule has 0 aromatic carbocycles. The Hall–Kier alpha value is -0.520. The molecule has 0 heteroatoms. The van der Waals surface area contributed by atoms with E-state index in [9.17, 15) is 0 Å². The lowest BCUT2D eigenvalue weighted by atomic mass is 9.82.